The monoisotopic (exact) mass is 377 g/mol. The zero-order valence-corrected chi connectivity index (χ0v) is 15.5. The van der Waals surface area contributed by atoms with Gasteiger partial charge in [0.1, 0.15) is 11.6 Å². The molecule has 4 nitrogen and oxygen atoms in total. The van der Waals surface area contributed by atoms with E-state index in [4.69, 9.17) is 4.74 Å². The molecule has 2 aromatic rings. The zero-order valence-electron chi connectivity index (χ0n) is 14.7. The summed E-state index contributed by atoms with van der Waals surface area (Å²) in [4.78, 5) is 0. The average molecular weight is 377 g/mol. The number of hydrogen-bond donors (Lipinski definition) is 0. The van der Waals surface area contributed by atoms with Gasteiger partial charge in [0.15, 0.2) is 0 Å². The quantitative estimate of drug-likeness (QED) is 0.742. The van der Waals surface area contributed by atoms with E-state index >= 15 is 0 Å². The van der Waals surface area contributed by atoms with E-state index in [0.29, 0.717) is 31.9 Å². The maximum atomic E-state index is 12.9. The van der Waals surface area contributed by atoms with Gasteiger partial charge in [-0.2, -0.15) is 0 Å². The van der Waals surface area contributed by atoms with Crippen LogP contribution in [0.15, 0.2) is 54.6 Å². The molecule has 26 heavy (non-hydrogen) atoms. The molecule has 0 N–H and O–H groups in total. The van der Waals surface area contributed by atoms with E-state index in [1.165, 1.54) is 12.1 Å². The summed E-state index contributed by atoms with van der Waals surface area (Å²) in [7, 11) is -3.27. The normalized spacial score (nSPS) is 18.6. The Morgan fingerprint density at radius 1 is 1.08 bits per heavy atom. The summed E-state index contributed by atoms with van der Waals surface area (Å²) in [5, 5.41) is 0. The van der Waals surface area contributed by atoms with E-state index < -0.39 is 10.0 Å². The Morgan fingerprint density at radius 2 is 1.81 bits per heavy atom. The van der Waals surface area contributed by atoms with Crippen LogP contribution in [0.1, 0.15) is 18.4 Å². The fraction of sp³-hybridized carbons (Fsp3) is 0.400. The Labute approximate surface area is 154 Å². The standard InChI is InChI=1S/C20H24FNO3S/c21-19-8-10-20(11-9-19)25-16-18-7-4-13-22(15-18)26(23,24)14-12-17-5-2-1-3-6-17/h1-3,5-6,8-11,18H,4,7,12-16H2. The van der Waals surface area contributed by atoms with Crippen LogP contribution in [0.4, 0.5) is 4.39 Å². The first-order chi connectivity index (χ1) is 12.5. The fourth-order valence-corrected chi connectivity index (χ4v) is 4.78. The van der Waals surface area contributed by atoms with Crippen molar-refractivity contribution in [1.82, 2.24) is 4.31 Å². The Kier molecular flexibility index (Phi) is 6.27. The van der Waals surface area contributed by atoms with Gasteiger partial charge >= 0.3 is 0 Å². The first kappa shape index (κ1) is 18.9. The number of rotatable bonds is 7. The van der Waals surface area contributed by atoms with Gasteiger partial charge in [-0.25, -0.2) is 17.1 Å². The summed E-state index contributed by atoms with van der Waals surface area (Å²) in [6.07, 6.45) is 2.30. The number of piperidine rings is 1. The second kappa shape index (κ2) is 8.64. The first-order valence-electron chi connectivity index (χ1n) is 8.93. The van der Waals surface area contributed by atoms with Gasteiger partial charge in [-0.15, -0.1) is 0 Å². The lowest BCUT2D eigenvalue weighted by Gasteiger charge is -2.31. The first-order valence-corrected chi connectivity index (χ1v) is 10.5. The highest BCUT2D eigenvalue weighted by Gasteiger charge is 2.29. The lowest BCUT2D eigenvalue weighted by Crippen LogP contribution is -2.42. The van der Waals surface area contributed by atoms with Crippen LogP contribution in [-0.4, -0.2) is 38.2 Å². The van der Waals surface area contributed by atoms with Gasteiger partial charge in [-0.1, -0.05) is 30.3 Å². The molecule has 0 amide bonds. The maximum absolute atomic E-state index is 12.9. The summed E-state index contributed by atoms with van der Waals surface area (Å²) < 4.78 is 45.5. The molecule has 0 spiro atoms. The second-order valence-corrected chi connectivity index (χ2v) is 8.77. The molecule has 1 atom stereocenters. The van der Waals surface area contributed by atoms with Gasteiger partial charge in [0.05, 0.1) is 12.4 Å². The van der Waals surface area contributed by atoms with Gasteiger partial charge in [-0.05, 0) is 49.1 Å². The molecule has 6 heteroatoms. The maximum Gasteiger partial charge on any atom is 0.214 e. The molecule has 140 valence electrons. The topological polar surface area (TPSA) is 46.6 Å². The highest BCUT2D eigenvalue weighted by molar-refractivity contribution is 7.89. The largest absolute Gasteiger partial charge is 0.493 e. The van der Waals surface area contributed by atoms with E-state index in [9.17, 15) is 12.8 Å². The molecule has 0 aromatic heterocycles. The van der Waals surface area contributed by atoms with Gasteiger partial charge in [-0.3, -0.25) is 0 Å². The molecule has 0 saturated carbocycles. The van der Waals surface area contributed by atoms with E-state index in [1.54, 1.807) is 16.4 Å². The predicted molar refractivity (Wildman–Crippen MR) is 100 cm³/mol. The number of aryl methyl sites for hydroxylation is 1. The van der Waals surface area contributed by atoms with Crippen molar-refractivity contribution in [2.24, 2.45) is 5.92 Å². The molecular weight excluding hydrogens is 353 g/mol. The molecule has 1 aliphatic heterocycles. The number of hydrogen-bond acceptors (Lipinski definition) is 3. The third-order valence-corrected chi connectivity index (χ3v) is 6.50. The van der Waals surface area contributed by atoms with Crippen molar-refractivity contribution in [3.05, 3.63) is 66.0 Å². The molecular formula is C20H24FNO3S. The van der Waals surface area contributed by atoms with Crippen molar-refractivity contribution < 1.29 is 17.5 Å². The lowest BCUT2D eigenvalue weighted by atomic mass is 10.0. The number of halogens is 1. The predicted octanol–water partition coefficient (Wildman–Crippen LogP) is 3.49. The minimum absolute atomic E-state index is 0.128. The second-order valence-electron chi connectivity index (χ2n) is 6.68. The molecule has 1 fully saturated rings. The molecule has 0 aliphatic carbocycles. The molecule has 1 heterocycles. The van der Waals surface area contributed by atoms with Crippen LogP contribution in [0.5, 0.6) is 5.75 Å². The number of ether oxygens (including phenoxy) is 1. The van der Waals surface area contributed by atoms with E-state index in [1.807, 2.05) is 30.3 Å². The SMILES string of the molecule is O=S(=O)(CCc1ccccc1)N1CCCC(COc2ccc(F)cc2)C1. The van der Waals surface area contributed by atoms with Crippen LogP contribution < -0.4 is 4.74 Å². The minimum atomic E-state index is -3.27. The molecule has 0 bridgehead atoms. The smallest absolute Gasteiger partial charge is 0.214 e. The van der Waals surface area contributed by atoms with Gasteiger partial charge < -0.3 is 4.74 Å². The third kappa shape index (κ3) is 5.29. The minimum Gasteiger partial charge on any atom is -0.493 e. The molecule has 0 radical (unpaired) electrons. The van der Waals surface area contributed by atoms with E-state index in [2.05, 4.69) is 0 Å². The van der Waals surface area contributed by atoms with Crippen molar-refractivity contribution in [2.75, 3.05) is 25.4 Å². The van der Waals surface area contributed by atoms with Crippen molar-refractivity contribution in [3.63, 3.8) is 0 Å². The zero-order chi connectivity index (χ0) is 18.4. The van der Waals surface area contributed by atoms with Crippen molar-refractivity contribution >= 4 is 10.0 Å². The summed E-state index contributed by atoms with van der Waals surface area (Å²) in [6, 6.07) is 15.6. The highest BCUT2D eigenvalue weighted by atomic mass is 32.2. The Bertz CT molecular complexity index is 794. The molecule has 1 aliphatic rings. The fourth-order valence-electron chi connectivity index (χ4n) is 3.18. The average Bonchev–Trinajstić information content (AvgIpc) is 2.67. The molecule has 3 rings (SSSR count). The Hall–Kier alpha value is -1.92. The van der Waals surface area contributed by atoms with Crippen LogP contribution >= 0.6 is 0 Å². The van der Waals surface area contributed by atoms with Gasteiger partial charge in [0, 0.05) is 19.0 Å². The summed E-state index contributed by atoms with van der Waals surface area (Å²) in [5.41, 5.74) is 1.03. The molecule has 1 unspecified atom stereocenters. The number of sulfonamides is 1. The van der Waals surface area contributed by atoms with Gasteiger partial charge in [0.25, 0.3) is 0 Å². The Balaban J connectivity index is 1.52. The third-order valence-electron chi connectivity index (χ3n) is 4.67. The van der Waals surface area contributed by atoms with Crippen LogP contribution in [0.25, 0.3) is 0 Å². The summed E-state index contributed by atoms with van der Waals surface area (Å²) >= 11 is 0. The molecule has 2 aromatic carbocycles. The number of nitrogens with zero attached hydrogens (tertiary/aromatic N) is 1. The lowest BCUT2D eigenvalue weighted by molar-refractivity contribution is 0.180. The highest BCUT2D eigenvalue weighted by Crippen LogP contribution is 2.22. The van der Waals surface area contributed by atoms with E-state index in [0.717, 1.165) is 18.4 Å². The van der Waals surface area contributed by atoms with Crippen LogP contribution in [-0.2, 0) is 16.4 Å². The molecule has 1 saturated heterocycles. The van der Waals surface area contributed by atoms with Crippen molar-refractivity contribution in [2.45, 2.75) is 19.3 Å². The van der Waals surface area contributed by atoms with Crippen LogP contribution in [0.3, 0.4) is 0 Å². The van der Waals surface area contributed by atoms with Crippen molar-refractivity contribution in [3.8, 4) is 5.75 Å². The Morgan fingerprint density at radius 3 is 2.54 bits per heavy atom. The van der Waals surface area contributed by atoms with Crippen molar-refractivity contribution in [1.29, 1.82) is 0 Å². The summed E-state index contributed by atoms with van der Waals surface area (Å²) in [5.74, 6) is 0.587. The van der Waals surface area contributed by atoms with Crippen LogP contribution in [0.2, 0.25) is 0 Å². The van der Waals surface area contributed by atoms with Gasteiger partial charge in [0.2, 0.25) is 10.0 Å². The van der Waals surface area contributed by atoms with Crippen LogP contribution in [0, 0.1) is 11.7 Å². The van der Waals surface area contributed by atoms with E-state index in [-0.39, 0.29) is 17.5 Å². The number of benzene rings is 2. The summed E-state index contributed by atoms with van der Waals surface area (Å²) in [6.45, 7) is 1.50.